The van der Waals surface area contributed by atoms with Crippen LogP contribution < -0.4 is 10.3 Å². The summed E-state index contributed by atoms with van der Waals surface area (Å²) in [7, 11) is 3.71. The maximum absolute atomic E-state index is 15.4. The van der Waals surface area contributed by atoms with E-state index in [9.17, 15) is 23.5 Å². The number of likely N-dealkylation sites (N-methyl/N-ethyl adjacent to an activating group) is 1. The minimum Gasteiger partial charge on any atom is -0.477 e. The lowest BCUT2D eigenvalue weighted by Crippen LogP contribution is -2.47. The molecule has 1 aliphatic heterocycles. The van der Waals surface area contributed by atoms with Crippen LogP contribution in [0.5, 0.6) is 0 Å². The summed E-state index contributed by atoms with van der Waals surface area (Å²) in [6, 6.07) is 0.827. The van der Waals surface area contributed by atoms with E-state index in [0.29, 0.717) is 6.54 Å². The van der Waals surface area contributed by atoms with Gasteiger partial charge in [-0.05, 0) is 20.2 Å². The summed E-state index contributed by atoms with van der Waals surface area (Å²) in [6.45, 7) is 0.0193. The first kappa shape index (κ1) is 21.1. The Morgan fingerprint density at radius 1 is 1.38 bits per heavy atom. The van der Waals surface area contributed by atoms with Gasteiger partial charge in [0, 0.05) is 25.8 Å². The Kier molecular flexibility index (Phi) is 6.13. The first-order chi connectivity index (χ1) is 13.7. The largest absolute Gasteiger partial charge is 0.477 e. The van der Waals surface area contributed by atoms with E-state index in [1.165, 1.54) is 4.90 Å². The molecule has 2 aromatic rings. The first-order valence-corrected chi connectivity index (χ1v) is 9.10. The average molecular weight is 413 g/mol. The maximum atomic E-state index is 15.4. The molecule has 1 aliphatic rings. The smallest absolute Gasteiger partial charge is 0.341 e. The van der Waals surface area contributed by atoms with Crippen molar-refractivity contribution in [3.8, 4) is 0 Å². The van der Waals surface area contributed by atoms with Crippen LogP contribution in [0, 0.1) is 11.6 Å². The lowest BCUT2D eigenvalue weighted by molar-refractivity contribution is 0.0244. The van der Waals surface area contributed by atoms with Crippen molar-refractivity contribution in [3.63, 3.8) is 0 Å². The first-order valence-electron chi connectivity index (χ1n) is 9.10. The van der Waals surface area contributed by atoms with Crippen molar-refractivity contribution < 1.29 is 27.8 Å². The number of morpholine rings is 1. The summed E-state index contributed by atoms with van der Waals surface area (Å²) in [5, 5.41) is 8.76. The molecule has 3 rings (SSSR count). The van der Waals surface area contributed by atoms with E-state index < -0.39 is 40.7 Å². The van der Waals surface area contributed by atoms with Crippen LogP contribution in [0.3, 0.4) is 0 Å². The zero-order valence-corrected chi connectivity index (χ0v) is 16.1. The third kappa shape index (κ3) is 4.08. The topological polar surface area (TPSA) is 75.0 Å². The highest BCUT2D eigenvalue weighted by Gasteiger charge is 2.29. The molecule has 1 atom stereocenters. The summed E-state index contributed by atoms with van der Waals surface area (Å²) in [4.78, 5) is 27.1. The zero-order chi connectivity index (χ0) is 21.3. The Hall–Kier alpha value is -2.59. The number of anilines is 1. The number of nitrogens with zero attached hydrogens (tertiary/aromatic N) is 3. The Balaban J connectivity index is 2.17. The molecule has 0 amide bonds. The molecule has 0 saturated carbocycles. The van der Waals surface area contributed by atoms with Gasteiger partial charge in [0.1, 0.15) is 23.7 Å². The van der Waals surface area contributed by atoms with Gasteiger partial charge in [-0.3, -0.25) is 4.79 Å². The van der Waals surface area contributed by atoms with Crippen molar-refractivity contribution in [1.29, 1.82) is 0 Å². The average Bonchev–Trinajstić information content (AvgIpc) is 2.63. The van der Waals surface area contributed by atoms with Crippen molar-refractivity contribution in [2.45, 2.75) is 12.6 Å². The molecule has 2 heterocycles. The van der Waals surface area contributed by atoms with Crippen LogP contribution in [0.4, 0.5) is 18.9 Å². The highest BCUT2D eigenvalue weighted by atomic mass is 19.1. The van der Waals surface area contributed by atoms with Gasteiger partial charge in [0.2, 0.25) is 5.43 Å². The van der Waals surface area contributed by atoms with E-state index in [1.807, 2.05) is 19.0 Å². The molecule has 10 heteroatoms. The van der Waals surface area contributed by atoms with Crippen LogP contribution in [0.2, 0.25) is 0 Å². The molecule has 1 N–H and O–H groups in total. The predicted octanol–water partition coefficient (Wildman–Crippen LogP) is 1.71. The number of carbonyl (C=O) groups is 1. The molecule has 1 aromatic heterocycles. The Morgan fingerprint density at radius 3 is 2.72 bits per heavy atom. The highest BCUT2D eigenvalue weighted by molar-refractivity contribution is 5.93. The van der Waals surface area contributed by atoms with Crippen molar-refractivity contribution in [2.24, 2.45) is 0 Å². The molecule has 29 heavy (non-hydrogen) atoms. The zero-order valence-electron chi connectivity index (χ0n) is 16.1. The second-order valence-corrected chi connectivity index (χ2v) is 7.18. The number of benzene rings is 1. The van der Waals surface area contributed by atoms with Gasteiger partial charge in [0.15, 0.2) is 5.82 Å². The molecule has 0 bridgehead atoms. The van der Waals surface area contributed by atoms with Crippen LogP contribution >= 0.6 is 0 Å². The number of fused-ring (bicyclic) bond motifs is 1. The maximum Gasteiger partial charge on any atom is 0.341 e. The van der Waals surface area contributed by atoms with Gasteiger partial charge in [0.25, 0.3) is 0 Å². The second kappa shape index (κ2) is 8.42. The second-order valence-electron chi connectivity index (χ2n) is 7.18. The van der Waals surface area contributed by atoms with E-state index >= 15 is 4.39 Å². The minimum absolute atomic E-state index is 0.234. The van der Waals surface area contributed by atoms with E-state index in [0.717, 1.165) is 16.8 Å². The van der Waals surface area contributed by atoms with E-state index in [-0.39, 0.29) is 43.5 Å². The van der Waals surface area contributed by atoms with Crippen molar-refractivity contribution in [2.75, 3.05) is 51.9 Å². The number of pyridine rings is 1. The number of hydrogen-bond donors (Lipinski definition) is 1. The van der Waals surface area contributed by atoms with E-state index in [2.05, 4.69) is 0 Å². The Bertz CT molecular complexity index is 993. The van der Waals surface area contributed by atoms with Crippen LogP contribution in [0.25, 0.3) is 10.9 Å². The van der Waals surface area contributed by atoms with Crippen LogP contribution in [0.15, 0.2) is 17.1 Å². The predicted molar refractivity (Wildman–Crippen MR) is 102 cm³/mol. The van der Waals surface area contributed by atoms with Gasteiger partial charge in [-0.15, -0.1) is 0 Å². The van der Waals surface area contributed by atoms with Crippen LogP contribution in [-0.2, 0) is 11.3 Å². The molecule has 0 radical (unpaired) electrons. The lowest BCUT2D eigenvalue weighted by atomic mass is 10.1. The van der Waals surface area contributed by atoms with Crippen molar-refractivity contribution in [3.05, 3.63) is 39.7 Å². The number of aryl methyl sites for hydroxylation is 1. The third-order valence-corrected chi connectivity index (χ3v) is 4.81. The monoisotopic (exact) mass is 413 g/mol. The van der Waals surface area contributed by atoms with Gasteiger partial charge in [-0.25, -0.2) is 18.0 Å². The number of hydrogen-bond acceptors (Lipinski definition) is 5. The molecule has 1 unspecified atom stereocenters. The van der Waals surface area contributed by atoms with E-state index in [1.54, 1.807) is 0 Å². The lowest BCUT2D eigenvalue weighted by Gasteiger charge is -2.36. The Labute approximate surface area is 164 Å². The standard InChI is InChI=1S/C19H22F3N3O4/c1-23(2)8-11-9-25(5-6-29-11)17-14(21)7-12-16(15(17)22)24(4-3-20)10-13(18(12)26)19(27)28/h7,10-11H,3-6,8-9H2,1-2H3,(H,27,28). The number of alkyl halides is 1. The van der Waals surface area contributed by atoms with Gasteiger partial charge in [-0.1, -0.05) is 0 Å². The SMILES string of the molecule is CN(C)CC1CN(c2c(F)cc3c(=O)c(C(=O)O)cn(CCF)c3c2F)CCO1. The fourth-order valence-electron chi connectivity index (χ4n) is 3.63. The molecule has 158 valence electrons. The number of aromatic nitrogens is 1. The fourth-order valence-corrected chi connectivity index (χ4v) is 3.63. The number of ether oxygens (including phenoxy) is 1. The molecule has 7 nitrogen and oxygen atoms in total. The third-order valence-electron chi connectivity index (χ3n) is 4.81. The van der Waals surface area contributed by atoms with E-state index in [4.69, 9.17) is 4.74 Å². The molecular weight excluding hydrogens is 391 g/mol. The summed E-state index contributed by atoms with van der Waals surface area (Å²) in [6.07, 6.45) is 0.626. The number of halogens is 3. The number of carboxylic acid groups (broad SMARTS) is 1. The summed E-state index contributed by atoms with van der Waals surface area (Å²) >= 11 is 0. The molecular formula is C19H22F3N3O4. The number of aromatic carboxylic acids is 1. The Morgan fingerprint density at radius 2 is 2.10 bits per heavy atom. The number of carboxylic acids is 1. The van der Waals surface area contributed by atoms with Gasteiger partial charge >= 0.3 is 5.97 Å². The molecule has 1 saturated heterocycles. The molecule has 0 spiro atoms. The fraction of sp³-hybridized carbons (Fsp3) is 0.474. The molecule has 0 aliphatic carbocycles. The summed E-state index contributed by atoms with van der Waals surface area (Å²) < 4.78 is 50.0. The van der Waals surface area contributed by atoms with Gasteiger partial charge < -0.3 is 24.2 Å². The van der Waals surface area contributed by atoms with Crippen molar-refractivity contribution in [1.82, 2.24) is 9.47 Å². The molecule has 1 fully saturated rings. The summed E-state index contributed by atoms with van der Waals surface area (Å²) in [5.74, 6) is -3.55. The van der Waals surface area contributed by atoms with Crippen molar-refractivity contribution >= 4 is 22.6 Å². The minimum atomic E-state index is -1.55. The van der Waals surface area contributed by atoms with Gasteiger partial charge in [-0.2, -0.15) is 0 Å². The quantitative estimate of drug-likeness (QED) is 0.777. The van der Waals surface area contributed by atoms with Crippen LogP contribution in [-0.4, -0.2) is 73.7 Å². The number of rotatable bonds is 6. The van der Waals surface area contributed by atoms with Crippen LogP contribution in [0.1, 0.15) is 10.4 Å². The normalized spacial score (nSPS) is 17.3. The van der Waals surface area contributed by atoms with Gasteiger partial charge in [0.05, 0.1) is 30.2 Å². The summed E-state index contributed by atoms with van der Waals surface area (Å²) in [5.41, 5.74) is -2.33. The molecule has 1 aromatic carbocycles. The highest BCUT2D eigenvalue weighted by Crippen LogP contribution is 2.31.